The highest BCUT2D eigenvalue weighted by atomic mass is 35.5. The van der Waals surface area contributed by atoms with Crippen LogP contribution in [0.15, 0.2) is 30.6 Å². The summed E-state index contributed by atoms with van der Waals surface area (Å²) in [5, 5.41) is 18.9. The van der Waals surface area contributed by atoms with Crippen LogP contribution in [0.1, 0.15) is 49.0 Å². The van der Waals surface area contributed by atoms with Crippen molar-refractivity contribution in [2.24, 2.45) is 0 Å². The highest BCUT2D eigenvalue weighted by Gasteiger charge is 2.29. The fourth-order valence-electron chi connectivity index (χ4n) is 4.43. The first-order chi connectivity index (χ1) is 18.6. The molecule has 2 aliphatic rings. The van der Waals surface area contributed by atoms with Gasteiger partial charge in [0.2, 0.25) is 0 Å². The van der Waals surface area contributed by atoms with Crippen LogP contribution >= 0.6 is 11.6 Å². The summed E-state index contributed by atoms with van der Waals surface area (Å²) in [5.41, 5.74) is 1.98. The first-order valence-electron chi connectivity index (χ1n) is 12.6. The maximum atomic E-state index is 13.1. The second-order valence-corrected chi connectivity index (χ2v) is 10.1. The van der Waals surface area contributed by atoms with Crippen LogP contribution in [-0.2, 0) is 0 Å². The number of urea groups is 1. The molecule has 3 aromatic heterocycles. The van der Waals surface area contributed by atoms with Gasteiger partial charge in [-0.25, -0.2) is 19.3 Å². The maximum Gasteiger partial charge on any atom is 0.405 e. The van der Waals surface area contributed by atoms with E-state index in [1.54, 1.807) is 6.07 Å². The number of carbonyl (C=O) groups is 2. The van der Waals surface area contributed by atoms with E-state index in [0.29, 0.717) is 48.9 Å². The average molecular weight is 566 g/mol. The van der Waals surface area contributed by atoms with Gasteiger partial charge in [0.15, 0.2) is 11.3 Å². The lowest BCUT2D eigenvalue weighted by Crippen LogP contribution is -2.47. The van der Waals surface area contributed by atoms with Gasteiger partial charge in [-0.05, 0) is 50.7 Å². The minimum Gasteiger partial charge on any atom is -0.379 e. The van der Waals surface area contributed by atoms with Crippen LogP contribution in [0.4, 0.5) is 35.2 Å². The Labute approximate surface area is 226 Å². The number of fused-ring (bicyclic) bond motifs is 1. The molecule has 39 heavy (non-hydrogen) atoms. The Hall–Kier alpha value is -3.81. The van der Waals surface area contributed by atoms with E-state index in [0.717, 1.165) is 18.5 Å². The fraction of sp³-hybridized carbons (Fsp3) is 0.458. The molecule has 0 aromatic carbocycles. The lowest BCUT2D eigenvalue weighted by molar-refractivity contribution is -0.122. The molecule has 0 radical (unpaired) electrons. The van der Waals surface area contributed by atoms with Gasteiger partial charge >= 0.3 is 12.2 Å². The first-order valence-corrected chi connectivity index (χ1v) is 13.0. The SMILES string of the molecule is O=C(NCC(F)(F)F)N[C@H]1CC[C@H](Nc2cc(NC3CC3)c3ncc(C(=O)Nc4ccnc(Cl)c4)n3n2)CC1. The van der Waals surface area contributed by atoms with Crippen molar-refractivity contribution < 1.29 is 22.8 Å². The third kappa shape index (κ3) is 7.19. The van der Waals surface area contributed by atoms with Crippen molar-refractivity contribution in [3.8, 4) is 0 Å². The van der Waals surface area contributed by atoms with Crippen molar-refractivity contribution in [2.75, 3.05) is 22.5 Å². The number of amides is 3. The molecule has 3 amide bonds. The summed E-state index contributed by atoms with van der Waals surface area (Å²) in [6, 6.07) is 4.34. The number of pyridine rings is 1. The number of carbonyl (C=O) groups excluding carboxylic acids is 2. The predicted molar refractivity (Wildman–Crippen MR) is 139 cm³/mol. The Bertz CT molecular complexity index is 1350. The van der Waals surface area contributed by atoms with Crippen LogP contribution in [0, 0.1) is 0 Å². The quantitative estimate of drug-likeness (QED) is 0.258. The van der Waals surface area contributed by atoms with Gasteiger partial charge in [0.1, 0.15) is 17.5 Å². The topological polar surface area (TPSA) is 137 Å². The third-order valence-corrected chi connectivity index (χ3v) is 6.69. The van der Waals surface area contributed by atoms with E-state index in [-0.39, 0.29) is 22.9 Å². The number of alkyl halides is 3. The second kappa shape index (κ2) is 11.1. The van der Waals surface area contributed by atoms with E-state index in [2.05, 4.69) is 36.3 Å². The second-order valence-electron chi connectivity index (χ2n) is 9.70. The zero-order valence-electron chi connectivity index (χ0n) is 20.7. The van der Waals surface area contributed by atoms with E-state index < -0.39 is 24.7 Å². The Balaban J connectivity index is 1.26. The summed E-state index contributed by atoms with van der Waals surface area (Å²) in [5.74, 6) is 0.131. The standard InChI is InChI=1S/C24H27ClF3N9O2/c25-19-9-16(7-8-29-19)34-22(38)18-11-30-21-17(32-13-1-2-13)10-20(36-37(18)21)33-14-3-5-15(6-4-14)35-23(39)31-12-24(26,27)28/h7-11,13-15,32H,1-6,12H2,(H,33,36)(H,29,34,38)(H2,31,35,39)/t14-,15-. The van der Waals surface area contributed by atoms with Crippen LogP contribution in [0.2, 0.25) is 5.15 Å². The number of nitrogens with zero attached hydrogens (tertiary/aromatic N) is 4. The summed E-state index contributed by atoms with van der Waals surface area (Å²) >= 11 is 5.93. The van der Waals surface area contributed by atoms with Gasteiger partial charge in [-0.2, -0.15) is 13.2 Å². The molecule has 0 aliphatic heterocycles. The smallest absolute Gasteiger partial charge is 0.379 e. The highest BCUT2D eigenvalue weighted by Crippen LogP contribution is 2.30. The molecule has 15 heteroatoms. The molecule has 208 valence electrons. The molecular weight excluding hydrogens is 539 g/mol. The molecule has 0 bridgehead atoms. The molecule has 5 N–H and O–H groups in total. The van der Waals surface area contributed by atoms with Gasteiger partial charge in [0.05, 0.1) is 11.9 Å². The monoisotopic (exact) mass is 565 g/mol. The van der Waals surface area contributed by atoms with Crippen molar-refractivity contribution >= 4 is 46.4 Å². The average Bonchev–Trinajstić information content (AvgIpc) is 3.58. The fourth-order valence-corrected chi connectivity index (χ4v) is 4.61. The van der Waals surface area contributed by atoms with Crippen molar-refractivity contribution in [3.63, 3.8) is 0 Å². The lowest BCUT2D eigenvalue weighted by Gasteiger charge is -2.30. The minimum atomic E-state index is -4.46. The number of nitrogens with one attached hydrogen (secondary N) is 5. The molecule has 3 heterocycles. The number of rotatable bonds is 8. The summed E-state index contributed by atoms with van der Waals surface area (Å²) in [6.07, 6.45) is 3.13. The van der Waals surface area contributed by atoms with Crippen LogP contribution in [-0.4, -0.2) is 62.4 Å². The number of hydrogen-bond donors (Lipinski definition) is 5. The third-order valence-electron chi connectivity index (χ3n) is 6.49. The number of aromatic nitrogens is 4. The van der Waals surface area contributed by atoms with Crippen LogP contribution in [0.25, 0.3) is 5.65 Å². The summed E-state index contributed by atoms with van der Waals surface area (Å²) in [6.45, 7) is -1.37. The molecule has 0 unspecified atom stereocenters. The van der Waals surface area contributed by atoms with Gasteiger partial charge < -0.3 is 26.6 Å². The minimum absolute atomic E-state index is 0.0276. The first kappa shape index (κ1) is 26.8. The zero-order chi connectivity index (χ0) is 27.6. The Morgan fingerprint density at radius 2 is 1.69 bits per heavy atom. The van der Waals surface area contributed by atoms with Gasteiger partial charge in [0.25, 0.3) is 5.91 Å². The zero-order valence-corrected chi connectivity index (χ0v) is 21.4. The molecular formula is C24H27ClF3N9O2. The molecule has 2 saturated carbocycles. The van der Waals surface area contributed by atoms with Crippen molar-refractivity contribution in [1.29, 1.82) is 0 Å². The van der Waals surface area contributed by atoms with Gasteiger partial charge in [0, 0.05) is 36.1 Å². The molecule has 0 spiro atoms. The number of imidazole rings is 1. The lowest BCUT2D eigenvalue weighted by atomic mass is 9.91. The largest absolute Gasteiger partial charge is 0.405 e. The van der Waals surface area contributed by atoms with Gasteiger partial charge in [-0.1, -0.05) is 11.6 Å². The van der Waals surface area contributed by atoms with Crippen molar-refractivity contribution in [3.05, 3.63) is 41.4 Å². The van der Waals surface area contributed by atoms with E-state index in [4.69, 9.17) is 11.6 Å². The summed E-state index contributed by atoms with van der Waals surface area (Å²) in [7, 11) is 0. The Kier molecular flexibility index (Phi) is 7.64. The van der Waals surface area contributed by atoms with Gasteiger partial charge in [-0.3, -0.25) is 4.79 Å². The molecule has 11 nitrogen and oxygen atoms in total. The van der Waals surface area contributed by atoms with Crippen LogP contribution in [0.3, 0.4) is 0 Å². The van der Waals surface area contributed by atoms with E-state index >= 15 is 0 Å². The molecule has 0 atom stereocenters. The highest BCUT2D eigenvalue weighted by molar-refractivity contribution is 6.29. The molecule has 3 aromatic rings. The molecule has 5 rings (SSSR count). The Morgan fingerprint density at radius 1 is 1.00 bits per heavy atom. The number of halogens is 4. The summed E-state index contributed by atoms with van der Waals surface area (Å²) < 4.78 is 38.4. The normalized spacial score (nSPS) is 19.4. The van der Waals surface area contributed by atoms with Crippen molar-refractivity contribution in [2.45, 2.75) is 62.8 Å². The maximum absolute atomic E-state index is 13.1. The van der Waals surface area contributed by atoms with Crippen LogP contribution in [0.5, 0.6) is 0 Å². The summed E-state index contributed by atoms with van der Waals surface area (Å²) in [4.78, 5) is 33.2. The van der Waals surface area contributed by atoms with Gasteiger partial charge in [-0.15, -0.1) is 5.10 Å². The number of anilines is 3. The van der Waals surface area contributed by atoms with Crippen molar-refractivity contribution in [1.82, 2.24) is 30.2 Å². The molecule has 0 saturated heterocycles. The van der Waals surface area contributed by atoms with E-state index in [9.17, 15) is 22.8 Å². The molecule has 2 fully saturated rings. The van der Waals surface area contributed by atoms with E-state index in [1.165, 1.54) is 23.0 Å². The molecule has 2 aliphatic carbocycles. The van der Waals surface area contributed by atoms with E-state index in [1.807, 2.05) is 11.4 Å². The predicted octanol–water partition coefficient (Wildman–Crippen LogP) is 4.19. The Morgan fingerprint density at radius 3 is 2.38 bits per heavy atom. The number of hydrogen-bond acceptors (Lipinski definition) is 7. The van der Waals surface area contributed by atoms with Crippen LogP contribution < -0.4 is 26.6 Å².